The molecule has 0 bridgehead atoms. The van der Waals surface area contributed by atoms with Crippen LogP contribution in [0.25, 0.3) is 0 Å². The topological polar surface area (TPSA) is 25.8 Å². The fourth-order valence-electron chi connectivity index (χ4n) is 0.647. The Morgan fingerprint density at radius 1 is 1.36 bits per heavy atom. The first-order chi connectivity index (χ1) is 5.36. The summed E-state index contributed by atoms with van der Waals surface area (Å²) in [6.07, 6.45) is 5.59. The maximum absolute atomic E-state index is 4.34. The SMILES string of the molecule is CCSc1cncc(SC)n1. The van der Waals surface area contributed by atoms with Crippen LogP contribution >= 0.6 is 23.5 Å². The van der Waals surface area contributed by atoms with Crippen LogP contribution in [0.5, 0.6) is 0 Å². The number of aromatic nitrogens is 2. The monoisotopic (exact) mass is 186 g/mol. The molecule has 1 aromatic rings. The summed E-state index contributed by atoms with van der Waals surface area (Å²) in [6, 6.07) is 0. The van der Waals surface area contributed by atoms with Crippen LogP contribution in [0, 0.1) is 0 Å². The van der Waals surface area contributed by atoms with E-state index in [1.165, 1.54) is 0 Å². The van der Waals surface area contributed by atoms with E-state index in [9.17, 15) is 0 Å². The minimum Gasteiger partial charge on any atom is -0.259 e. The number of thioether (sulfide) groups is 2. The molecule has 0 amide bonds. The zero-order chi connectivity index (χ0) is 8.10. The molecule has 0 saturated carbocycles. The lowest BCUT2D eigenvalue weighted by molar-refractivity contribution is 0.947. The lowest BCUT2D eigenvalue weighted by Crippen LogP contribution is -1.85. The molecule has 2 nitrogen and oxygen atoms in total. The summed E-state index contributed by atoms with van der Waals surface area (Å²) in [7, 11) is 0. The van der Waals surface area contributed by atoms with E-state index in [2.05, 4.69) is 16.9 Å². The summed E-state index contributed by atoms with van der Waals surface area (Å²) < 4.78 is 0. The highest BCUT2D eigenvalue weighted by atomic mass is 32.2. The molecule has 0 N–H and O–H groups in total. The Balaban J connectivity index is 2.74. The van der Waals surface area contributed by atoms with Crippen molar-refractivity contribution in [2.24, 2.45) is 0 Å². The summed E-state index contributed by atoms with van der Waals surface area (Å²) in [5.74, 6) is 1.05. The Morgan fingerprint density at radius 3 is 2.73 bits per heavy atom. The fourth-order valence-corrected chi connectivity index (χ4v) is 1.65. The van der Waals surface area contributed by atoms with Crippen molar-refractivity contribution < 1.29 is 0 Å². The molecular weight excluding hydrogens is 176 g/mol. The highest BCUT2D eigenvalue weighted by Gasteiger charge is 1.95. The largest absolute Gasteiger partial charge is 0.259 e. The van der Waals surface area contributed by atoms with E-state index in [1.807, 2.05) is 6.26 Å². The quantitative estimate of drug-likeness (QED) is 0.677. The van der Waals surface area contributed by atoms with E-state index in [1.54, 1.807) is 35.9 Å². The molecule has 0 radical (unpaired) electrons. The van der Waals surface area contributed by atoms with Crippen LogP contribution in [-0.2, 0) is 0 Å². The van der Waals surface area contributed by atoms with Gasteiger partial charge in [0.15, 0.2) is 0 Å². The predicted molar refractivity (Wildman–Crippen MR) is 50.2 cm³/mol. The van der Waals surface area contributed by atoms with Crippen molar-refractivity contribution in [3.63, 3.8) is 0 Å². The molecule has 0 atom stereocenters. The summed E-state index contributed by atoms with van der Waals surface area (Å²) in [6.45, 7) is 2.11. The van der Waals surface area contributed by atoms with Gasteiger partial charge in [0.05, 0.1) is 12.4 Å². The van der Waals surface area contributed by atoms with Crippen LogP contribution in [0.1, 0.15) is 6.92 Å². The molecule has 0 aliphatic carbocycles. The molecule has 0 saturated heterocycles. The molecule has 0 unspecified atom stereocenters. The van der Waals surface area contributed by atoms with Crippen molar-refractivity contribution >= 4 is 23.5 Å². The average Bonchev–Trinajstić information content (AvgIpc) is 2.06. The summed E-state index contributed by atoms with van der Waals surface area (Å²) in [5, 5.41) is 2.00. The molecule has 11 heavy (non-hydrogen) atoms. The predicted octanol–water partition coefficient (Wildman–Crippen LogP) is 2.31. The first-order valence-corrected chi connectivity index (χ1v) is 5.56. The van der Waals surface area contributed by atoms with Gasteiger partial charge in [-0.1, -0.05) is 6.92 Å². The second kappa shape index (κ2) is 4.62. The molecular formula is C7H10N2S2. The summed E-state index contributed by atoms with van der Waals surface area (Å²) in [4.78, 5) is 8.41. The van der Waals surface area contributed by atoms with Gasteiger partial charge in [0.2, 0.25) is 0 Å². The number of hydrogen-bond donors (Lipinski definition) is 0. The third kappa shape index (κ3) is 2.71. The van der Waals surface area contributed by atoms with Crippen molar-refractivity contribution in [2.75, 3.05) is 12.0 Å². The lowest BCUT2D eigenvalue weighted by atomic mass is 10.8. The van der Waals surface area contributed by atoms with Crippen LogP contribution in [0.4, 0.5) is 0 Å². The van der Waals surface area contributed by atoms with Crippen molar-refractivity contribution in [1.29, 1.82) is 0 Å². The van der Waals surface area contributed by atoms with E-state index >= 15 is 0 Å². The van der Waals surface area contributed by atoms with E-state index in [-0.39, 0.29) is 0 Å². The van der Waals surface area contributed by atoms with E-state index in [0.717, 1.165) is 15.8 Å². The third-order valence-electron chi connectivity index (χ3n) is 1.09. The Labute approximate surface area is 75.2 Å². The lowest BCUT2D eigenvalue weighted by Gasteiger charge is -1.97. The van der Waals surface area contributed by atoms with Gasteiger partial charge in [-0.15, -0.1) is 23.5 Å². The van der Waals surface area contributed by atoms with Gasteiger partial charge in [0, 0.05) is 0 Å². The van der Waals surface area contributed by atoms with Gasteiger partial charge in [-0.2, -0.15) is 0 Å². The minimum atomic E-state index is 0.989. The first kappa shape index (κ1) is 8.87. The van der Waals surface area contributed by atoms with E-state index < -0.39 is 0 Å². The Morgan fingerprint density at radius 2 is 2.09 bits per heavy atom. The van der Waals surface area contributed by atoms with Gasteiger partial charge in [-0.25, -0.2) is 4.98 Å². The molecule has 0 aromatic carbocycles. The smallest absolute Gasteiger partial charge is 0.116 e. The zero-order valence-electron chi connectivity index (χ0n) is 6.57. The second-order valence-corrected chi connectivity index (χ2v) is 3.94. The van der Waals surface area contributed by atoms with Gasteiger partial charge in [-0.3, -0.25) is 4.98 Å². The summed E-state index contributed by atoms with van der Waals surface area (Å²) >= 11 is 3.34. The van der Waals surface area contributed by atoms with Crippen LogP contribution in [0.3, 0.4) is 0 Å². The molecule has 0 aliphatic heterocycles. The molecule has 1 rings (SSSR count). The Bertz CT molecular complexity index is 227. The summed E-state index contributed by atoms with van der Waals surface area (Å²) in [5.41, 5.74) is 0. The molecule has 4 heteroatoms. The normalized spacial score (nSPS) is 10.0. The zero-order valence-corrected chi connectivity index (χ0v) is 8.21. The number of nitrogens with zero attached hydrogens (tertiary/aromatic N) is 2. The molecule has 0 spiro atoms. The highest BCUT2D eigenvalue weighted by Crippen LogP contribution is 2.17. The molecule has 0 fully saturated rings. The maximum atomic E-state index is 4.34. The fraction of sp³-hybridized carbons (Fsp3) is 0.429. The average molecular weight is 186 g/mol. The van der Waals surface area contributed by atoms with Crippen molar-refractivity contribution in [1.82, 2.24) is 9.97 Å². The molecule has 60 valence electrons. The van der Waals surface area contributed by atoms with Crippen molar-refractivity contribution in [3.05, 3.63) is 12.4 Å². The molecule has 1 heterocycles. The van der Waals surface area contributed by atoms with E-state index in [4.69, 9.17) is 0 Å². The van der Waals surface area contributed by atoms with Gasteiger partial charge in [-0.05, 0) is 12.0 Å². The van der Waals surface area contributed by atoms with Crippen molar-refractivity contribution in [3.8, 4) is 0 Å². The van der Waals surface area contributed by atoms with Gasteiger partial charge < -0.3 is 0 Å². The standard InChI is InChI=1S/C7H10N2S2/c1-3-11-7-5-8-4-6(9-7)10-2/h4-5H,3H2,1-2H3. The van der Waals surface area contributed by atoms with Gasteiger partial charge >= 0.3 is 0 Å². The van der Waals surface area contributed by atoms with Gasteiger partial charge in [0.1, 0.15) is 10.1 Å². The van der Waals surface area contributed by atoms with Crippen LogP contribution in [-0.4, -0.2) is 22.0 Å². The third-order valence-corrected chi connectivity index (χ3v) is 2.49. The van der Waals surface area contributed by atoms with Gasteiger partial charge in [0.25, 0.3) is 0 Å². The molecule has 1 aromatic heterocycles. The first-order valence-electron chi connectivity index (χ1n) is 3.35. The minimum absolute atomic E-state index is 0.989. The number of hydrogen-bond acceptors (Lipinski definition) is 4. The Kier molecular flexibility index (Phi) is 3.72. The molecule has 0 aliphatic rings. The van der Waals surface area contributed by atoms with Crippen LogP contribution in [0.2, 0.25) is 0 Å². The number of rotatable bonds is 3. The highest BCUT2D eigenvalue weighted by molar-refractivity contribution is 7.99. The second-order valence-electron chi connectivity index (χ2n) is 1.83. The van der Waals surface area contributed by atoms with Crippen LogP contribution < -0.4 is 0 Å². The van der Waals surface area contributed by atoms with E-state index in [0.29, 0.717) is 0 Å². The van der Waals surface area contributed by atoms with Crippen LogP contribution in [0.15, 0.2) is 22.4 Å². The van der Waals surface area contributed by atoms with Crippen molar-refractivity contribution in [2.45, 2.75) is 17.0 Å². The maximum Gasteiger partial charge on any atom is 0.116 e. The Hall–Kier alpha value is -0.220.